The van der Waals surface area contributed by atoms with Crippen LogP contribution in [0.4, 0.5) is 4.39 Å². The summed E-state index contributed by atoms with van der Waals surface area (Å²) in [6.45, 7) is 6.07. The quantitative estimate of drug-likeness (QED) is 0.358. The van der Waals surface area contributed by atoms with E-state index in [4.69, 9.17) is 16.3 Å². The molecule has 0 aliphatic heterocycles. The van der Waals surface area contributed by atoms with Crippen LogP contribution >= 0.6 is 39.3 Å². The lowest BCUT2D eigenvalue weighted by molar-refractivity contribution is -0.143. The van der Waals surface area contributed by atoms with Crippen molar-refractivity contribution in [3.63, 3.8) is 0 Å². The summed E-state index contributed by atoms with van der Waals surface area (Å²) in [4.78, 5) is 23.9. The van der Waals surface area contributed by atoms with Crippen LogP contribution in [0.25, 0.3) is 0 Å². The monoisotopic (exact) mass is 410 g/mol. The molecule has 0 spiro atoms. The van der Waals surface area contributed by atoms with Crippen molar-refractivity contribution >= 4 is 50.5 Å². The van der Waals surface area contributed by atoms with Crippen LogP contribution in [0.15, 0.2) is 21.5 Å². The molecule has 0 fully saturated rings. The molecule has 0 aromatic heterocycles. The highest BCUT2D eigenvalue weighted by Gasteiger charge is 2.26. The Balaban J connectivity index is 3.05. The lowest BCUT2D eigenvalue weighted by Gasteiger charge is -2.19. The number of halogens is 3. The summed E-state index contributed by atoms with van der Waals surface area (Å²) in [6.07, 6.45) is 0.742. The van der Waals surface area contributed by atoms with Crippen molar-refractivity contribution in [1.82, 2.24) is 0 Å². The molecule has 0 aliphatic rings. The molecule has 3 nitrogen and oxygen atoms in total. The van der Waals surface area contributed by atoms with Crippen LogP contribution in [0.5, 0.6) is 0 Å². The van der Waals surface area contributed by atoms with Gasteiger partial charge in [0.25, 0.3) is 5.24 Å². The fraction of sp³-hybridized carbons (Fsp3) is 0.467. The highest BCUT2D eigenvalue weighted by molar-refractivity contribution is 9.10. The molecule has 0 saturated carbocycles. The molecule has 1 aromatic carbocycles. The van der Waals surface area contributed by atoms with Gasteiger partial charge in [0.2, 0.25) is 0 Å². The molecule has 0 N–H and O–H groups in total. The fourth-order valence-corrected chi connectivity index (χ4v) is 3.46. The van der Waals surface area contributed by atoms with E-state index in [1.54, 1.807) is 0 Å². The van der Waals surface area contributed by atoms with E-state index < -0.39 is 16.3 Å². The lowest BCUT2D eigenvalue weighted by atomic mass is 10.1. The SMILES string of the molecule is CCCOC(=O)C(Sc1cc(C(=O)Cl)c(F)cc1Br)C(C)C. The number of hydrogen-bond donors (Lipinski definition) is 0. The lowest BCUT2D eigenvalue weighted by Crippen LogP contribution is -2.26. The maximum absolute atomic E-state index is 13.7. The molecular formula is C15H17BrClFO3S. The van der Waals surface area contributed by atoms with E-state index in [1.165, 1.54) is 23.9 Å². The minimum Gasteiger partial charge on any atom is -0.465 e. The molecule has 0 heterocycles. The van der Waals surface area contributed by atoms with Crippen molar-refractivity contribution in [1.29, 1.82) is 0 Å². The standard InChI is InChI=1S/C15H17BrClFO3S/c1-4-5-21-15(20)13(8(2)3)22-12-6-9(14(17)19)11(18)7-10(12)16/h6-8,13H,4-5H2,1-3H3. The van der Waals surface area contributed by atoms with Gasteiger partial charge in [-0.25, -0.2) is 4.39 Å². The second kappa shape index (κ2) is 8.89. The molecule has 122 valence electrons. The molecule has 7 heteroatoms. The Kier molecular flexibility index (Phi) is 7.86. The first kappa shape index (κ1) is 19.5. The number of carbonyl (C=O) groups is 2. The van der Waals surface area contributed by atoms with Gasteiger partial charge >= 0.3 is 5.97 Å². The molecule has 1 rings (SSSR count). The molecule has 0 aliphatic carbocycles. The predicted molar refractivity (Wildman–Crippen MR) is 90.0 cm³/mol. The van der Waals surface area contributed by atoms with Gasteiger partial charge in [0, 0.05) is 9.37 Å². The average Bonchev–Trinajstić information content (AvgIpc) is 2.43. The van der Waals surface area contributed by atoms with E-state index in [9.17, 15) is 14.0 Å². The number of benzene rings is 1. The van der Waals surface area contributed by atoms with Crippen molar-refractivity contribution in [2.75, 3.05) is 6.61 Å². The molecule has 0 amide bonds. The average molecular weight is 412 g/mol. The molecule has 0 radical (unpaired) electrons. The van der Waals surface area contributed by atoms with E-state index in [-0.39, 0.29) is 17.5 Å². The first-order valence-electron chi connectivity index (χ1n) is 6.80. The fourth-order valence-electron chi connectivity index (χ4n) is 1.65. The van der Waals surface area contributed by atoms with Gasteiger partial charge < -0.3 is 4.74 Å². The summed E-state index contributed by atoms with van der Waals surface area (Å²) in [5.74, 6) is -1.01. The van der Waals surface area contributed by atoms with Crippen LogP contribution in [0.1, 0.15) is 37.6 Å². The molecule has 1 aromatic rings. The first-order valence-corrected chi connectivity index (χ1v) is 8.85. The van der Waals surface area contributed by atoms with Crippen molar-refractivity contribution < 1.29 is 18.7 Å². The number of thioether (sulfide) groups is 1. The topological polar surface area (TPSA) is 43.4 Å². The van der Waals surface area contributed by atoms with Gasteiger partial charge in [-0.15, -0.1) is 11.8 Å². The largest absolute Gasteiger partial charge is 0.465 e. The summed E-state index contributed by atoms with van der Waals surface area (Å²) in [6, 6.07) is 2.52. The zero-order valence-corrected chi connectivity index (χ0v) is 15.6. The maximum atomic E-state index is 13.7. The third-order valence-corrected chi connectivity index (χ3v) is 5.48. The molecule has 1 atom stereocenters. The van der Waals surface area contributed by atoms with Crippen molar-refractivity contribution in [3.8, 4) is 0 Å². The van der Waals surface area contributed by atoms with Crippen LogP contribution in [-0.4, -0.2) is 23.1 Å². The van der Waals surface area contributed by atoms with Crippen LogP contribution < -0.4 is 0 Å². The van der Waals surface area contributed by atoms with Crippen molar-refractivity contribution in [2.45, 2.75) is 37.3 Å². The number of rotatable bonds is 7. The van der Waals surface area contributed by atoms with Gasteiger partial charge in [-0.2, -0.15) is 0 Å². The number of hydrogen-bond acceptors (Lipinski definition) is 4. The van der Waals surface area contributed by atoms with E-state index in [0.717, 1.165) is 6.42 Å². The second-order valence-corrected chi connectivity index (χ2v) is 7.37. The summed E-state index contributed by atoms with van der Waals surface area (Å²) in [5, 5.41) is -1.33. The zero-order chi connectivity index (χ0) is 16.9. The van der Waals surface area contributed by atoms with E-state index >= 15 is 0 Å². The molecular weight excluding hydrogens is 395 g/mol. The second-order valence-electron chi connectivity index (χ2n) is 4.99. The van der Waals surface area contributed by atoms with Crippen LogP contribution in [0.2, 0.25) is 0 Å². The van der Waals surface area contributed by atoms with Crippen molar-refractivity contribution in [3.05, 3.63) is 28.0 Å². The Labute approximate surface area is 147 Å². The maximum Gasteiger partial charge on any atom is 0.319 e. The van der Waals surface area contributed by atoms with Gasteiger partial charge in [0.05, 0.1) is 12.2 Å². The number of ether oxygens (including phenoxy) is 1. The van der Waals surface area contributed by atoms with Gasteiger partial charge in [0.1, 0.15) is 11.1 Å². The van der Waals surface area contributed by atoms with E-state index in [1.807, 2.05) is 20.8 Å². The van der Waals surface area contributed by atoms with Crippen LogP contribution in [0, 0.1) is 11.7 Å². The molecule has 0 saturated heterocycles. The summed E-state index contributed by atoms with van der Waals surface area (Å²) >= 11 is 9.83. The predicted octanol–water partition coefficient (Wildman–Crippen LogP) is 5.04. The Morgan fingerprint density at radius 3 is 2.55 bits per heavy atom. The number of esters is 1. The van der Waals surface area contributed by atoms with Gasteiger partial charge in [-0.05, 0) is 52.0 Å². The van der Waals surface area contributed by atoms with Gasteiger partial charge in [-0.1, -0.05) is 20.8 Å². The summed E-state index contributed by atoms with van der Waals surface area (Å²) in [7, 11) is 0. The van der Waals surface area contributed by atoms with Crippen LogP contribution in [-0.2, 0) is 9.53 Å². The molecule has 0 bridgehead atoms. The minimum absolute atomic E-state index is 0.0152. The normalized spacial score (nSPS) is 12.3. The number of carbonyl (C=O) groups excluding carboxylic acids is 2. The summed E-state index contributed by atoms with van der Waals surface area (Å²) < 4.78 is 19.3. The molecule has 22 heavy (non-hydrogen) atoms. The van der Waals surface area contributed by atoms with Gasteiger partial charge in [0.15, 0.2) is 0 Å². The van der Waals surface area contributed by atoms with E-state index in [0.29, 0.717) is 16.0 Å². The summed E-state index contributed by atoms with van der Waals surface area (Å²) in [5.41, 5.74) is -0.211. The molecule has 1 unspecified atom stereocenters. The Morgan fingerprint density at radius 2 is 2.05 bits per heavy atom. The minimum atomic E-state index is -0.874. The Bertz CT molecular complexity index is 566. The third-order valence-electron chi connectivity index (χ3n) is 2.77. The van der Waals surface area contributed by atoms with Crippen molar-refractivity contribution in [2.24, 2.45) is 5.92 Å². The zero-order valence-electron chi connectivity index (χ0n) is 12.5. The van der Waals surface area contributed by atoms with Gasteiger partial charge in [-0.3, -0.25) is 9.59 Å². The Morgan fingerprint density at radius 1 is 1.41 bits per heavy atom. The smallest absolute Gasteiger partial charge is 0.319 e. The van der Waals surface area contributed by atoms with Crippen LogP contribution in [0.3, 0.4) is 0 Å². The Hall–Kier alpha value is -0.590. The highest BCUT2D eigenvalue weighted by atomic mass is 79.9. The van der Waals surface area contributed by atoms with E-state index in [2.05, 4.69) is 15.9 Å². The highest BCUT2D eigenvalue weighted by Crippen LogP contribution is 2.36. The first-order chi connectivity index (χ1) is 10.3. The third kappa shape index (κ3) is 5.25.